The summed E-state index contributed by atoms with van der Waals surface area (Å²) in [4.78, 5) is 18.4. The van der Waals surface area contributed by atoms with Gasteiger partial charge in [0.25, 0.3) is 5.56 Å². The first-order valence-corrected chi connectivity index (χ1v) is 10.5. The van der Waals surface area contributed by atoms with E-state index in [-0.39, 0.29) is 5.56 Å². The van der Waals surface area contributed by atoms with Crippen LogP contribution in [0.25, 0.3) is 22.3 Å². The molecule has 0 saturated heterocycles. The second-order valence-corrected chi connectivity index (χ2v) is 8.02. The molecule has 0 aliphatic rings. The molecule has 0 aliphatic heterocycles. The van der Waals surface area contributed by atoms with Crippen molar-refractivity contribution >= 4 is 22.7 Å². The zero-order chi connectivity index (χ0) is 21.4. The second kappa shape index (κ2) is 7.81. The van der Waals surface area contributed by atoms with Crippen molar-refractivity contribution in [3.05, 3.63) is 94.3 Å². The molecule has 31 heavy (non-hydrogen) atoms. The van der Waals surface area contributed by atoms with Crippen LogP contribution in [0, 0.1) is 13.8 Å². The zero-order valence-electron chi connectivity index (χ0n) is 16.9. The molecule has 0 atom stereocenters. The van der Waals surface area contributed by atoms with Crippen LogP contribution in [0.4, 0.5) is 0 Å². The second-order valence-electron chi connectivity index (χ2n) is 7.08. The van der Waals surface area contributed by atoms with E-state index in [9.17, 15) is 4.79 Å². The summed E-state index contributed by atoms with van der Waals surface area (Å²) in [6, 6.07) is 22.9. The van der Waals surface area contributed by atoms with Gasteiger partial charge in [-0.1, -0.05) is 42.5 Å². The van der Waals surface area contributed by atoms with E-state index in [1.54, 1.807) is 15.3 Å². The Morgan fingerprint density at radius 1 is 0.839 bits per heavy atom. The van der Waals surface area contributed by atoms with E-state index in [4.69, 9.17) is 4.98 Å². The lowest BCUT2D eigenvalue weighted by Gasteiger charge is -2.16. The van der Waals surface area contributed by atoms with Gasteiger partial charge in [0.15, 0.2) is 5.16 Å². The lowest BCUT2D eigenvalue weighted by molar-refractivity contribution is 0.750. The maximum Gasteiger partial charge on any atom is 0.266 e. The Kier molecular flexibility index (Phi) is 4.83. The Morgan fingerprint density at radius 3 is 2.45 bits per heavy atom. The van der Waals surface area contributed by atoms with Gasteiger partial charge in [-0.15, -0.1) is 5.10 Å². The number of tetrazole rings is 1. The fourth-order valence-electron chi connectivity index (χ4n) is 3.43. The summed E-state index contributed by atoms with van der Waals surface area (Å²) in [6.45, 7) is 4.04. The van der Waals surface area contributed by atoms with Crippen molar-refractivity contribution in [2.75, 3.05) is 0 Å². The van der Waals surface area contributed by atoms with Crippen molar-refractivity contribution in [1.82, 2.24) is 29.8 Å². The third-order valence-electron chi connectivity index (χ3n) is 5.19. The molecule has 0 aliphatic carbocycles. The van der Waals surface area contributed by atoms with E-state index in [1.165, 1.54) is 11.8 Å². The number of hydrogen-bond acceptors (Lipinski definition) is 6. The van der Waals surface area contributed by atoms with Gasteiger partial charge in [-0.05, 0) is 77.5 Å². The minimum atomic E-state index is -0.125. The van der Waals surface area contributed by atoms with E-state index in [1.807, 2.05) is 80.6 Å². The molecule has 2 heterocycles. The van der Waals surface area contributed by atoms with E-state index < -0.39 is 0 Å². The van der Waals surface area contributed by atoms with Gasteiger partial charge in [0.05, 0.1) is 22.3 Å². The molecule has 0 amide bonds. The number of rotatable bonds is 4. The monoisotopic (exact) mass is 426 g/mol. The van der Waals surface area contributed by atoms with Crippen molar-refractivity contribution in [2.45, 2.75) is 24.2 Å². The highest BCUT2D eigenvalue weighted by Crippen LogP contribution is 2.29. The minimum Gasteiger partial charge on any atom is -0.268 e. The molecule has 2 aromatic heterocycles. The third-order valence-corrected chi connectivity index (χ3v) is 6.08. The summed E-state index contributed by atoms with van der Waals surface area (Å²) in [6.07, 6.45) is 0. The fraction of sp³-hybridized carbons (Fsp3) is 0.0870. The van der Waals surface area contributed by atoms with Crippen LogP contribution in [-0.2, 0) is 0 Å². The van der Waals surface area contributed by atoms with E-state index in [0.717, 1.165) is 22.5 Å². The molecule has 7 nitrogen and oxygen atoms in total. The highest BCUT2D eigenvalue weighted by atomic mass is 32.2. The molecule has 8 heteroatoms. The van der Waals surface area contributed by atoms with Crippen LogP contribution in [-0.4, -0.2) is 29.8 Å². The maximum absolute atomic E-state index is 13.5. The molecule has 0 radical (unpaired) electrons. The van der Waals surface area contributed by atoms with Crippen molar-refractivity contribution in [3.8, 4) is 11.4 Å². The molecule has 3 aromatic carbocycles. The van der Waals surface area contributed by atoms with Gasteiger partial charge >= 0.3 is 0 Å². The first-order valence-electron chi connectivity index (χ1n) is 9.73. The van der Waals surface area contributed by atoms with Crippen LogP contribution < -0.4 is 5.56 Å². The van der Waals surface area contributed by atoms with Crippen molar-refractivity contribution in [3.63, 3.8) is 0 Å². The normalized spacial score (nSPS) is 11.2. The van der Waals surface area contributed by atoms with E-state index in [2.05, 4.69) is 15.5 Å². The molecule has 0 spiro atoms. The van der Waals surface area contributed by atoms with Crippen LogP contribution in [0.15, 0.2) is 87.9 Å². The highest BCUT2D eigenvalue weighted by molar-refractivity contribution is 7.99. The third kappa shape index (κ3) is 3.40. The lowest BCUT2D eigenvalue weighted by atomic mass is 10.1. The predicted octanol–water partition coefficient (Wildman–Crippen LogP) is 4.13. The molecule has 0 fully saturated rings. The standard InChI is InChI=1S/C23H18N6OS/c1-15-9-8-14-20(16(15)2)28-21(30)18-12-6-7-13-19(18)24-22(28)31-23-25-26-27-29(23)17-10-4-3-5-11-17/h3-14H,1-2H3. The SMILES string of the molecule is Cc1cccc(-n2c(Sc3nnnn3-c3ccccc3)nc3ccccc3c2=O)c1C. The Bertz CT molecular complexity index is 1460. The van der Waals surface area contributed by atoms with Gasteiger partial charge in [0.1, 0.15) is 0 Å². The van der Waals surface area contributed by atoms with E-state index >= 15 is 0 Å². The first kappa shape index (κ1) is 19.2. The number of nitrogens with zero attached hydrogens (tertiary/aromatic N) is 6. The predicted molar refractivity (Wildman–Crippen MR) is 120 cm³/mol. The largest absolute Gasteiger partial charge is 0.268 e. The van der Waals surface area contributed by atoms with Gasteiger partial charge in [-0.3, -0.25) is 9.36 Å². The van der Waals surface area contributed by atoms with E-state index in [0.29, 0.717) is 21.2 Å². The van der Waals surface area contributed by atoms with Crippen molar-refractivity contribution in [1.29, 1.82) is 0 Å². The summed E-state index contributed by atoms with van der Waals surface area (Å²) >= 11 is 1.26. The molecule has 0 saturated carbocycles. The highest BCUT2D eigenvalue weighted by Gasteiger charge is 2.19. The summed E-state index contributed by atoms with van der Waals surface area (Å²) in [5, 5.41) is 13.7. The Labute approximate surface area is 182 Å². The first-order chi connectivity index (χ1) is 15.1. The Hall–Kier alpha value is -3.78. The number of hydrogen-bond donors (Lipinski definition) is 0. The zero-order valence-corrected chi connectivity index (χ0v) is 17.7. The number of aryl methyl sites for hydroxylation is 1. The van der Waals surface area contributed by atoms with Gasteiger partial charge < -0.3 is 0 Å². The minimum absolute atomic E-state index is 0.125. The van der Waals surface area contributed by atoms with Crippen LogP contribution in [0.5, 0.6) is 0 Å². The van der Waals surface area contributed by atoms with Crippen LogP contribution in [0.2, 0.25) is 0 Å². The number of benzene rings is 3. The van der Waals surface area contributed by atoms with Crippen molar-refractivity contribution < 1.29 is 0 Å². The average molecular weight is 427 g/mol. The smallest absolute Gasteiger partial charge is 0.266 e. The molecule has 152 valence electrons. The quantitative estimate of drug-likeness (QED) is 0.402. The summed E-state index contributed by atoms with van der Waals surface area (Å²) < 4.78 is 3.29. The topological polar surface area (TPSA) is 78.5 Å². The van der Waals surface area contributed by atoms with Gasteiger partial charge in [-0.25, -0.2) is 4.98 Å². The average Bonchev–Trinajstić information content (AvgIpc) is 3.25. The lowest BCUT2D eigenvalue weighted by Crippen LogP contribution is -2.22. The van der Waals surface area contributed by atoms with Gasteiger partial charge in [0, 0.05) is 0 Å². The summed E-state index contributed by atoms with van der Waals surface area (Å²) in [5.74, 6) is 0. The van der Waals surface area contributed by atoms with Gasteiger partial charge in [-0.2, -0.15) is 4.68 Å². The number of fused-ring (bicyclic) bond motifs is 1. The molecule has 0 bridgehead atoms. The number of aromatic nitrogens is 6. The maximum atomic E-state index is 13.5. The number of para-hydroxylation sites is 2. The molecule has 5 rings (SSSR count). The Morgan fingerprint density at radius 2 is 1.61 bits per heavy atom. The summed E-state index contributed by atoms with van der Waals surface area (Å²) in [7, 11) is 0. The molecular weight excluding hydrogens is 408 g/mol. The molecule has 0 N–H and O–H groups in total. The molecule has 0 unspecified atom stereocenters. The molecular formula is C23H18N6OS. The van der Waals surface area contributed by atoms with Crippen LogP contribution >= 0.6 is 11.8 Å². The summed E-state index contributed by atoms with van der Waals surface area (Å²) in [5.41, 5.74) is 4.26. The molecule has 5 aromatic rings. The fourth-order valence-corrected chi connectivity index (χ4v) is 4.31. The van der Waals surface area contributed by atoms with Crippen molar-refractivity contribution in [2.24, 2.45) is 0 Å². The van der Waals surface area contributed by atoms with Gasteiger partial charge in [0.2, 0.25) is 5.16 Å². The van der Waals surface area contributed by atoms with Crippen LogP contribution in [0.3, 0.4) is 0 Å². The Balaban J connectivity index is 1.74. The van der Waals surface area contributed by atoms with Crippen LogP contribution in [0.1, 0.15) is 11.1 Å².